The Kier molecular flexibility index (Phi) is 2.15. The summed E-state index contributed by atoms with van der Waals surface area (Å²) in [4.78, 5) is 0. The molecule has 52 valence electrons. The molecule has 1 rings (SSSR count). The van der Waals surface area contributed by atoms with Gasteiger partial charge >= 0.3 is 0 Å². The Morgan fingerprint density at radius 3 is 2.89 bits per heavy atom. The van der Waals surface area contributed by atoms with E-state index in [1.807, 2.05) is 6.08 Å². The van der Waals surface area contributed by atoms with E-state index in [1.54, 1.807) is 0 Å². The predicted molar refractivity (Wildman–Crippen MR) is 38.3 cm³/mol. The van der Waals surface area contributed by atoms with Crippen LogP contribution in [-0.2, 0) is 0 Å². The first-order chi connectivity index (χ1) is 4.33. The smallest absolute Gasteiger partial charge is 0.0891 e. The van der Waals surface area contributed by atoms with Crippen LogP contribution in [0.5, 0.6) is 0 Å². The molecule has 9 heavy (non-hydrogen) atoms. The van der Waals surface area contributed by atoms with E-state index in [4.69, 9.17) is 5.11 Å². The van der Waals surface area contributed by atoms with Crippen LogP contribution in [0.25, 0.3) is 0 Å². The van der Waals surface area contributed by atoms with Crippen molar-refractivity contribution in [1.29, 1.82) is 0 Å². The van der Waals surface area contributed by atoms with Crippen LogP contribution >= 0.6 is 0 Å². The van der Waals surface area contributed by atoms with Crippen LogP contribution in [0, 0.1) is 5.92 Å². The van der Waals surface area contributed by atoms with Crippen LogP contribution in [0.4, 0.5) is 0 Å². The summed E-state index contributed by atoms with van der Waals surface area (Å²) in [5, 5.41) is 8.78. The summed E-state index contributed by atoms with van der Waals surface area (Å²) in [5.74, 6) is 1.29. The minimum atomic E-state index is 0.594. The first-order valence-corrected chi connectivity index (χ1v) is 3.72. The molecule has 0 heterocycles. The van der Waals surface area contributed by atoms with Crippen LogP contribution in [-0.4, -0.2) is 5.11 Å². The molecule has 0 saturated heterocycles. The molecular weight excluding hydrogens is 112 g/mol. The monoisotopic (exact) mass is 126 g/mol. The molecule has 0 bridgehead atoms. The summed E-state index contributed by atoms with van der Waals surface area (Å²) in [6.45, 7) is 2.20. The molecule has 0 aliphatic heterocycles. The highest BCUT2D eigenvalue weighted by Gasteiger charge is 2.16. The average Bonchev–Trinajstić information content (AvgIpc) is 1.78. The molecule has 1 heteroatoms. The number of hydrogen-bond donors (Lipinski definition) is 1. The highest BCUT2D eigenvalue weighted by molar-refractivity contribution is 5.08. The van der Waals surface area contributed by atoms with Crippen LogP contribution in [0.15, 0.2) is 11.8 Å². The van der Waals surface area contributed by atoms with E-state index in [2.05, 4.69) is 6.92 Å². The third kappa shape index (κ3) is 1.74. The Morgan fingerprint density at radius 1 is 1.78 bits per heavy atom. The third-order valence-corrected chi connectivity index (χ3v) is 1.83. The van der Waals surface area contributed by atoms with Gasteiger partial charge in [-0.1, -0.05) is 19.8 Å². The summed E-state index contributed by atoms with van der Waals surface area (Å²) >= 11 is 0. The minimum absolute atomic E-state index is 0.594. The zero-order valence-corrected chi connectivity index (χ0v) is 5.93. The van der Waals surface area contributed by atoms with Gasteiger partial charge in [0.25, 0.3) is 0 Å². The van der Waals surface area contributed by atoms with Crippen molar-refractivity contribution in [3.63, 3.8) is 0 Å². The molecule has 0 saturated carbocycles. The number of rotatable bonds is 3. The quantitative estimate of drug-likeness (QED) is 0.616. The molecule has 0 aromatic heterocycles. The molecule has 0 spiro atoms. The number of allylic oxidation sites excluding steroid dienone is 2. The van der Waals surface area contributed by atoms with Gasteiger partial charge in [0.15, 0.2) is 0 Å². The van der Waals surface area contributed by atoms with Crippen LogP contribution in [0.3, 0.4) is 0 Å². The molecule has 1 aliphatic rings. The Balaban J connectivity index is 2.05. The van der Waals surface area contributed by atoms with Gasteiger partial charge in [-0.15, -0.1) is 0 Å². The van der Waals surface area contributed by atoms with Crippen molar-refractivity contribution in [2.24, 2.45) is 5.92 Å². The first kappa shape index (κ1) is 6.66. The maximum atomic E-state index is 8.78. The highest BCUT2D eigenvalue weighted by atomic mass is 16.3. The second-order valence-corrected chi connectivity index (χ2v) is 2.76. The molecule has 1 atom stereocenters. The standard InChI is InChI=1S/C8H14O/c1-2-3-4-7-5-8(9)6-7/h5,7,9H,2-4,6H2,1H3. The van der Waals surface area contributed by atoms with Gasteiger partial charge in [-0.2, -0.15) is 0 Å². The first-order valence-electron chi connectivity index (χ1n) is 3.72. The van der Waals surface area contributed by atoms with Crippen molar-refractivity contribution < 1.29 is 5.11 Å². The fourth-order valence-electron chi connectivity index (χ4n) is 1.16. The zero-order chi connectivity index (χ0) is 6.69. The predicted octanol–water partition coefficient (Wildman–Crippen LogP) is 2.64. The van der Waals surface area contributed by atoms with Crippen LogP contribution in [0.2, 0.25) is 0 Å². The van der Waals surface area contributed by atoms with E-state index in [9.17, 15) is 0 Å². The molecule has 0 radical (unpaired) electrons. The Morgan fingerprint density at radius 2 is 2.44 bits per heavy atom. The number of aliphatic hydroxyl groups is 1. The maximum absolute atomic E-state index is 8.78. The molecular formula is C8H14O. The van der Waals surface area contributed by atoms with E-state index < -0.39 is 0 Å². The van der Waals surface area contributed by atoms with Gasteiger partial charge in [-0.3, -0.25) is 0 Å². The lowest BCUT2D eigenvalue weighted by molar-refractivity contribution is 0.312. The van der Waals surface area contributed by atoms with Gasteiger partial charge in [-0.05, 0) is 18.4 Å². The Bertz CT molecular complexity index is 116. The van der Waals surface area contributed by atoms with Crippen molar-refractivity contribution in [3.8, 4) is 0 Å². The lowest BCUT2D eigenvalue weighted by atomic mass is 9.88. The number of aliphatic hydroxyl groups excluding tert-OH is 1. The Labute approximate surface area is 56.4 Å². The SMILES string of the molecule is CCCCC1C=C(O)C1. The summed E-state index contributed by atoms with van der Waals surface area (Å²) in [5.41, 5.74) is 0. The number of unbranched alkanes of at least 4 members (excludes halogenated alkanes) is 1. The van der Waals surface area contributed by atoms with Crippen molar-refractivity contribution in [2.75, 3.05) is 0 Å². The highest BCUT2D eigenvalue weighted by Crippen LogP contribution is 2.27. The van der Waals surface area contributed by atoms with Crippen molar-refractivity contribution in [2.45, 2.75) is 32.6 Å². The van der Waals surface area contributed by atoms with Gasteiger partial charge in [-0.25, -0.2) is 0 Å². The lowest BCUT2D eigenvalue weighted by Gasteiger charge is -2.20. The van der Waals surface area contributed by atoms with Crippen LogP contribution in [0.1, 0.15) is 32.6 Å². The third-order valence-electron chi connectivity index (χ3n) is 1.83. The Hall–Kier alpha value is -0.460. The summed E-state index contributed by atoms with van der Waals surface area (Å²) in [7, 11) is 0. The van der Waals surface area contributed by atoms with Crippen molar-refractivity contribution in [3.05, 3.63) is 11.8 Å². The van der Waals surface area contributed by atoms with E-state index in [-0.39, 0.29) is 0 Å². The fourth-order valence-corrected chi connectivity index (χ4v) is 1.16. The second-order valence-electron chi connectivity index (χ2n) is 2.76. The van der Waals surface area contributed by atoms with Gasteiger partial charge in [0.05, 0.1) is 5.76 Å². The van der Waals surface area contributed by atoms with Gasteiger partial charge < -0.3 is 5.11 Å². The molecule has 0 aromatic carbocycles. The van der Waals surface area contributed by atoms with Crippen molar-refractivity contribution >= 4 is 0 Å². The van der Waals surface area contributed by atoms with Gasteiger partial charge in [0.2, 0.25) is 0 Å². The van der Waals surface area contributed by atoms with E-state index in [0.717, 1.165) is 6.42 Å². The van der Waals surface area contributed by atoms with Crippen molar-refractivity contribution in [1.82, 2.24) is 0 Å². The lowest BCUT2D eigenvalue weighted by Crippen LogP contribution is -2.08. The largest absolute Gasteiger partial charge is 0.513 e. The van der Waals surface area contributed by atoms with E-state index in [0.29, 0.717) is 11.7 Å². The van der Waals surface area contributed by atoms with Gasteiger partial charge in [0.1, 0.15) is 0 Å². The van der Waals surface area contributed by atoms with Gasteiger partial charge in [0, 0.05) is 6.42 Å². The maximum Gasteiger partial charge on any atom is 0.0891 e. The molecule has 1 N–H and O–H groups in total. The molecule has 0 aromatic rings. The molecule has 1 nitrogen and oxygen atoms in total. The molecule has 0 amide bonds. The van der Waals surface area contributed by atoms with E-state index in [1.165, 1.54) is 19.3 Å². The zero-order valence-electron chi connectivity index (χ0n) is 5.93. The van der Waals surface area contributed by atoms with E-state index >= 15 is 0 Å². The number of hydrogen-bond acceptors (Lipinski definition) is 1. The molecule has 0 fully saturated rings. The topological polar surface area (TPSA) is 20.2 Å². The molecule has 1 unspecified atom stereocenters. The minimum Gasteiger partial charge on any atom is -0.513 e. The summed E-state index contributed by atoms with van der Waals surface area (Å²) in [6.07, 6.45) is 6.73. The summed E-state index contributed by atoms with van der Waals surface area (Å²) in [6, 6.07) is 0. The fraction of sp³-hybridized carbons (Fsp3) is 0.750. The normalized spacial score (nSPS) is 25.0. The molecule has 1 aliphatic carbocycles. The summed E-state index contributed by atoms with van der Waals surface area (Å²) < 4.78 is 0. The van der Waals surface area contributed by atoms with Crippen LogP contribution < -0.4 is 0 Å². The average molecular weight is 126 g/mol. The second kappa shape index (κ2) is 2.90.